The van der Waals surface area contributed by atoms with Gasteiger partial charge in [0.25, 0.3) is 5.91 Å². The fourth-order valence-corrected chi connectivity index (χ4v) is 6.65. The van der Waals surface area contributed by atoms with E-state index < -0.39 is 27.4 Å². The topological polar surface area (TPSA) is 105 Å². The molecule has 1 N–H and O–H groups in total. The van der Waals surface area contributed by atoms with Crippen molar-refractivity contribution in [3.05, 3.63) is 0 Å². The molecule has 2 heterocycles. The molecule has 0 spiro atoms. The number of amidine groups is 1. The summed E-state index contributed by atoms with van der Waals surface area (Å²) in [5.41, 5.74) is -0.637. The predicted molar refractivity (Wildman–Crippen MR) is 92.9 cm³/mol. The van der Waals surface area contributed by atoms with Crippen LogP contribution in [0.15, 0.2) is 4.99 Å². The van der Waals surface area contributed by atoms with Gasteiger partial charge in [-0.3, -0.25) is 4.79 Å². The van der Waals surface area contributed by atoms with Crippen molar-refractivity contribution in [2.45, 2.75) is 44.6 Å². The van der Waals surface area contributed by atoms with Crippen LogP contribution in [0.4, 0.5) is 4.79 Å². The minimum absolute atomic E-state index is 0.0830. The number of nitrogens with one attached hydrogen (secondary N) is 1. The number of alkyl carbamates (subject to hydrolysis) is 1. The second-order valence-corrected chi connectivity index (χ2v) is 10.1. The molecular formula is C14H23N3O5S2. The molecular weight excluding hydrogens is 354 g/mol. The minimum Gasteiger partial charge on any atom is -0.444 e. The summed E-state index contributed by atoms with van der Waals surface area (Å²) in [6, 6.07) is -0.129. The van der Waals surface area contributed by atoms with Crippen LogP contribution in [-0.4, -0.2) is 72.0 Å². The molecule has 0 saturated carbocycles. The zero-order chi connectivity index (χ0) is 18.1. The van der Waals surface area contributed by atoms with E-state index in [2.05, 4.69) is 10.3 Å². The van der Waals surface area contributed by atoms with E-state index in [1.54, 1.807) is 20.8 Å². The Morgan fingerprint density at radius 2 is 2.04 bits per heavy atom. The maximum absolute atomic E-state index is 12.0. The molecule has 2 fully saturated rings. The summed E-state index contributed by atoms with van der Waals surface area (Å²) in [5.74, 6) is -0.283. The first-order valence-corrected chi connectivity index (χ1v) is 10.4. The van der Waals surface area contributed by atoms with Gasteiger partial charge in [0.05, 0.1) is 17.5 Å². The van der Waals surface area contributed by atoms with Gasteiger partial charge in [0, 0.05) is 11.8 Å². The largest absolute Gasteiger partial charge is 0.444 e. The lowest BCUT2D eigenvalue weighted by molar-refractivity contribution is -0.117. The molecule has 24 heavy (non-hydrogen) atoms. The SMILES string of the molecule is CCN1C(=NC(=O)CNC(=O)OC(C)(C)C)S[C@H]2CS(=O)(=O)C[C@@H]21. The van der Waals surface area contributed by atoms with Crippen LogP contribution in [-0.2, 0) is 19.4 Å². The van der Waals surface area contributed by atoms with Gasteiger partial charge in [-0.1, -0.05) is 11.8 Å². The van der Waals surface area contributed by atoms with Crippen molar-refractivity contribution in [3.63, 3.8) is 0 Å². The molecule has 0 unspecified atom stereocenters. The monoisotopic (exact) mass is 377 g/mol. The molecule has 2 saturated heterocycles. The number of rotatable bonds is 3. The number of nitrogens with zero attached hydrogens (tertiary/aromatic N) is 2. The van der Waals surface area contributed by atoms with Crippen molar-refractivity contribution >= 4 is 38.8 Å². The number of carbonyl (C=O) groups excluding carboxylic acids is 2. The number of carbonyl (C=O) groups is 2. The first-order chi connectivity index (χ1) is 11.0. The van der Waals surface area contributed by atoms with Crippen LogP contribution in [0, 0.1) is 0 Å². The highest BCUT2D eigenvalue weighted by Crippen LogP contribution is 2.37. The standard InChI is InChI=1S/C14H23N3O5S2/c1-5-17-9-7-24(20,21)8-10(9)23-12(17)16-11(18)6-15-13(19)22-14(2,3)4/h9-10H,5-8H2,1-4H3,(H,15,19)/t9-,10-/m0/s1. The summed E-state index contributed by atoms with van der Waals surface area (Å²) >= 11 is 1.32. The average Bonchev–Trinajstić information content (AvgIpc) is 2.85. The van der Waals surface area contributed by atoms with Gasteiger partial charge < -0.3 is 15.0 Å². The zero-order valence-electron chi connectivity index (χ0n) is 14.2. The number of ether oxygens (including phenoxy) is 1. The Labute approximate surface area is 146 Å². The molecule has 8 nitrogen and oxygen atoms in total. The minimum atomic E-state index is -3.02. The summed E-state index contributed by atoms with van der Waals surface area (Å²) in [5, 5.41) is 2.81. The summed E-state index contributed by atoms with van der Waals surface area (Å²) in [6.07, 6.45) is -0.676. The molecule has 136 valence electrons. The van der Waals surface area contributed by atoms with E-state index in [9.17, 15) is 18.0 Å². The molecule has 0 aromatic rings. The molecule has 2 aliphatic heterocycles. The number of fused-ring (bicyclic) bond motifs is 1. The number of aliphatic imine (C=N–C) groups is 1. The van der Waals surface area contributed by atoms with Crippen LogP contribution < -0.4 is 5.32 Å². The normalized spacial score (nSPS) is 27.2. The molecule has 0 radical (unpaired) electrons. The Morgan fingerprint density at radius 1 is 1.38 bits per heavy atom. The first-order valence-electron chi connectivity index (χ1n) is 7.73. The molecule has 0 aromatic carbocycles. The molecule has 0 bridgehead atoms. The van der Waals surface area contributed by atoms with Gasteiger partial charge in [0.1, 0.15) is 12.1 Å². The lowest BCUT2D eigenvalue weighted by atomic mass is 10.2. The quantitative estimate of drug-likeness (QED) is 0.769. The number of amides is 2. The second kappa shape index (κ2) is 6.91. The Bertz CT molecular complexity index is 654. The summed E-state index contributed by atoms with van der Waals surface area (Å²) in [6.45, 7) is 7.41. The Morgan fingerprint density at radius 3 is 2.62 bits per heavy atom. The third kappa shape index (κ3) is 4.85. The fourth-order valence-electron chi connectivity index (χ4n) is 2.61. The lowest BCUT2D eigenvalue weighted by Crippen LogP contribution is -2.38. The average molecular weight is 377 g/mol. The van der Waals surface area contributed by atoms with E-state index in [1.165, 1.54) is 11.8 Å². The number of hydrogen-bond donors (Lipinski definition) is 1. The molecule has 2 atom stereocenters. The highest BCUT2D eigenvalue weighted by atomic mass is 32.2. The Hall–Kier alpha value is -1.29. The smallest absolute Gasteiger partial charge is 0.408 e. The van der Waals surface area contributed by atoms with Crippen molar-refractivity contribution in [1.82, 2.24) is 10.2 Å². The van der Waals surface area contributed by atoms with Gasteiger partial charge in [-0.15, -0.1) is 0 Å². The lowest BCUT2D eigenvalue weighted by Gasteiger charge is -2.22. The maximum atomic E-state index is 12.0. The van der Waals surface area contributed by atoms with Crippen molar-refractivity contribution in [1.29, 1.82) is 0 Å². The van der Waals surface area contributed by atoms with Gasteiger partial charge in [0.2, 0.25) is 0 Å². The molecule has 0 aliphatic carbocycles. The van der Waals surface area contributed by atoms with E-state index in [0.717, 1.165) is 0 Å². The number of sulfone groups is 1. The second-order valence-electron chi connectivity index (χ2n) is 6.73. The van der Waals surface area contributed by atoms with Crippen molar-refractivity contribution in [3.8, 4) is 0 Å². The first kappa shape index (κ1) is 19.0. The summed E-state index contributed by atoms with van der Waals surface area (Å²) in [7, 11) is -3.02. The van der Waals surface area contributed by atoms with Crippen LogP contribution in [0.5, 0.6) is 0 Å². The van der Waals surface area contributed by atoms with Crippen molar-refractivity contribution in [2.24, 2.45) is 4.99 Å². The third-order valence-electron chi connectivity index (χ3n) is 3.52. The molecule has 2 rings (SSSR count). The summed E-state index contributed by atoms with van der Waals surface area (Å²) < 4.78 is 28.5. The zero-order valence-corrected chi connectivity index (χ0v) is 15.9. The van der Waals surface area contributed by atoms with Crippen molar-refractivity contribution < 1.29 is 22.7 Å². The van der Waals surface area contributed by atoms with E-state index in [0.29, 0.717) is 11.7 Å². The van der Waals surface area contributed by atoms with Gasteiger partial charge in [-0.25, -0.2) is 13.2 Å². The highest BCUT2D eigenvalue weighted by Gasteiger charge is 2.48. The Kier molecular flexibility index (Phi) is 5.48. The van der Waals surface area contributed by atoms with E-state index in [1.807, 2.05) is 11.8 Å². The predicted octanol–water partition coefficient (Wildman–Crippen LogP) is 0.628. The van der Waals surface area contributed by atoms with Crippen LogP contribution in [0.25, 0.3) is 0 Å². The third-order valence-corrected chi connectivity index (χ3v) is 6.77. The van der Waals surface area contributed by atoms with Crippen LogP contribution >= 0.6 is 11.8 Å². The molecule has 2 aliphatic rings. The van der Waals surface area contributed by atoms with Crippen LogP contribution in [0.1, 0.15) is 27.7 Å². The highest BCUT2D eigenvalue weighted by molar-refractivity contribution is 8.15. The number of hydrogen-bond acceptors (Lipinski definition) is 6. The van der Waals surface area contributed by atoms with Gasteiger partial charge in [-0.05, 0) is 27.7 Å². The van der Waals surface area contributed by atoms with E-state index in [-0.39, 0.29) is 29.3 Å². The van der Waals surface area contributed by atoms with E-state index in [4.69, 9.17) is 4.74 Å². The van der Waals surface area contributed by atoms with Crippen LogP contribution in [0.2, 0.25) is 0 Å². The van der Waals surface area contributed by atoms with Crippen molar-refractivity contribution in [2.75, 3.05) is 24.6 Å². The van der Waals surface area contributed by atoms with Crippen LogP contribution in [0.3, 0.4) is 0 Å². The van der Waals surface area contributed by atoms with Gasteiger partial charge >= 0.3 is 6.09 Å². The maximum Gasteiger partial charge on any atom is 0.408 e. The number of thioether (sulfide) groups is 1. The van der Waals surface area contributed by atoms with E-state index >= 15 is 0 Å². The van der Waals surface area contributed by atoms with Gasteiger partial charge in [-0.2, -0.15) is 4.99 Å². The van der Waals surface area contributed by atoms with Gasteiger partial charge in [0.15, 0.2) is 15.0 Å². The fraction of sp³-hybridized carbons (Fsp3) is 0.786. The summed E-state index contributed by atoms with van der Waals surface area (Å²) in [4.78, 5) is 29.4. The molecule has 2 amide bonds. The molecule has 0 aromatic heterocycles. The Balaban J connectivity index is 1.94. The molecule has 10 heteroatoms.